The number of nitrogens with zero attached hydrogens (tertiary/aromatic N) is 3. The van der Waals surface area contributed by atoms with Crippen LogP contribution in [-0.4, -0.2) is 27.3 Å². The van der Waals surface area contributed by atoms with E-state index in [4.69, 9.17) is 9.94 Å². The lowest BCUT2D eigenvalue weighted by atomic mass is 9.89. The Morgan fingerprint density at radius 1 is 1.39 bits per heavy atom. The van der Waals surface area contributed by atoms with E-state index in [1.807, 2.05) is 14.0 Å². The molecule has 0 radical (unpaired) electrons. The van der Waals surface area contributed by atoms with E-state index >= 15 is 0 Å². The molecule has 1 aliphatic carbocycles. The lowest BCUT2D eigenvalue weighted by Gasteiger charge is -2.26. The van der Waals surface area contributed by atoms with Gasteiger partial charge in [-0.1, -0.05) is 12.1 Å². The second-order valence-corrected chi connectivity index (χ2v) is 5.17. The van der Waals surface area contributed by atoms with Crippen molar-refractivity contribution in [2.75, 3.05) is 0 Å². The SMILES string of the molecule is Cc1nn(C)c(O[C@H]2CC[C@H](C)CC2)c1/C=N/O. The molecule has 0 unspecified atom stereocenters. The van der Waals surface area contributed by atoms with Gasteiger partial charge >= 0.3 is 0 Å². The number of ether oxygens (including phenoxy) is 1. The van der Waals surface area contributed by atoms with Gasteiger partial charge in [0.1, 0.15) is 6.10 Å². The monoisotopic (exact) mass is 251 g/mol. The van der Waals surface area contributed by atoms with Crippen LogP contribution in [0.3, 0.4) is 0 Å². The van der Waals surface area contributed by atoms with Gasteiger partial charge in [0.05, 0.1) is 17.5 Å². The van der Waals surface area contributed by atoms with Gasteiger partial charge in [-0.15, -0.1) is 0 Å². The summed E-state index contributed by atoms with van der Waals surface area (Å²) < 4.78 is 7.75. The van der Waals surface area contributed by atoms with E-state index < -0.39 is 0 Å². The van der Waals surface area contributed by atoms with Gasteiger partial charge in [0.15, 0.2) is 0 Å². The number of hydrogen-bond donors (Lipinski definition) is 1. The summed E-state index contributed by atoms with van der Waals surface area (Å²) in [7, 11) is 1.85. The Morgan fingerprint density at radius 2 is 2.06 bits per heavy atom. The zero-order chi connectivity index (χ0) is 13.1. The van der Waals surface area contributed by atoms with Crippen molar-refractivity contribution >= 4 is 6.21 Å². The van der Waals surface area contributed by atoms with Crippen LogP contribution in [-0.2, 0) is 7.05 Å². The highest BCUT2D eigenvalue weighted by molar-refractivity contribution is 5.83. The quantitative estimate of drug-likeness (QED) is 0.510. The van der Waals surface area contributed by atoms with Gasteiger partial charge in [0.25, 0.3) is 0 Å². The molecule has 1 heterocycles. The number of aromatic nitrogens is 2. The molecular formula is C13H21N3O2. The minimum absolute atomic E-state index is 0.252. The fraction of sp³-hybridized carbons (Fsp3) is 0.692. The number of rotatable bonds is 3. The Hall–Kier alpha value is -1.52. The molecule has 18 heavy (non-hydrogen) atoms. The van der Waals surface area contributed by atoms with Crippen LogP contribution >= 0.6 is 0 Å². The predicted molar refractivity (Wildman–Crippen MR) is 69.4 cm³/mol. The molecule has 0 aromatic carbocycles. The molecule has 1 fully saturated rings. The molecule has 1 aromatic heterocycles. The van der Waals surface area contributed by atoms with Crippen LogP contribution in [0.1, 0.15) is 43.9 Å². The Bertz CT molecular complexity index is 432. The maximum absolute atomic E-state index is 8.70. The maximum Gasteiger partial charge on any atom is 0.221 e. The molecule has 1 aromatic rings. The van der Waals surface area contributed by atoms with Gasteiger partial charge in [0.2, 0.25) is 5.88 Å². The minimum Gasteiger partial charge on any atom is -0.474 e. The molecule has 0 amide bonds. The van der Waals surface area contributed by atoms with Crippen LogP contribution in [0.2, 0.25) is 0 Å². The molecule has 5 heteroatoms. The standard InChI is InChI=1S/C13H21N3O2/c1-9-4-6-11(7-5-9)18-13-12(8-14-17)10(2)15-16(13)3/h8-9,11,17H,4-7H2,1-3H3/b14-8+/t9-,11-. The molecule has 2 rings (SSSR count). The molecule has 1 saturated carbocycles. The van der Waals surface area contributed by atoms with Crippen LogP contribution in [0.25, 0.3) is 0 Å². The second-order valence-electron chi connectivity index (χ2n) is 5.17. The smallest absolute Gasteiger partial charge is 0.221 e. The summed E-state index contributed by atoms with van der Waals surface area (Å²) in [5, 5.41) is 16.1. The van der Waals surface area contributed by atoms with Crippen molar-refractivity contribution in [3.05, 3.63) is 11.3 Å². The van der Waals surface area contributed by atoms with Gasteiger partial charge < -0.3 is 9.94 Å². The molecule has 1 aliphatic rings. The summed E-state index contributed by atoms with van der Waals surface area (Å²) in [5.41, 5.74) is 1.58. The van der Waals surface area contributed by atoms with E-state index in [2.05, 4.69) is 17.2 Å². The lowest BCUT2D eigenvalue weighted by Crippen LogP contribution is -2.24. The minimum atomic E-state index is 0.252. The van der Waals surface area contributed by atoms with Gasteiger partial charge in [-0.3, -0.25) is 0 Å². The van der Waals surface area contributed by atoms with Crippen LogP contribution in [0.5, 0.6) is 5.88 Å². The maximum atomic E-state index is 8.70. The van der Waals surface area contributed by atoms with E-state index in [1.165, 1.54) is 19.1 Å². The third-order valence-electron chi connectivity index (χ3n) is 3.64. The van der Waals surface area contributed by atoms with Crippen LogP contribution in [0.4, 0.5) is 0 Å². The number of hydrogen-bond acceptors (Lipinski definition) is 4. The molecule has 0 aliphatic heterocycles. The molecule has 5 nitrogen and oxygen atoms in total. The van der Waals surface area contributed by atoms with Crippen LogP contribution in [0.15, 0.2) is 5.16 Å². The zero-order valence-electron chi connectivity index (χ0n) is 11.3. The Balaban J connectivity index is 2.13. The molecule has 0 spiro atoms. The Kier molecular flexibility index (Phi) is 3.89. The third-order valence-corrected chi connectivity index (χ3v) is 3.64. The van der Waals surface area contributed by atoms with Gasteiger partial charge in [0, 0.05) is 7.05 Å². The van der Waals surface area contributed by atoms with E-state index in [0.29, 0.717) is 5.88 Å². The van der Waals surface area contributed by atoms with E-state index in [-0.39, 0.29) is 6.10 Å². The van der Waals surface area contributed by atoms with Crippen molar-refractivity contribution in [2.45, 2.75) is 45.6 Å². The molecule has 0 atom stereocenters. The van der Waals surface area contributed by atoms with Crippen molar-refractivity contribution in [3.8, 4) is 5.88 Å². The first-order valence-corrected chi connectivity index (χ1v) is 6.49. The topological polar surface area (TPSA) is 59.6 Å². The van der Waals surface area contributed by atoms with Crippen LogP contribution < -0.4 is 4.74 Å². The van der Waals surface area contributed by atoms with Crippen molar-refractivity contribution in [3.63, 3.8) is 0 Å². The molecule has 0 saturated heterocycles. The summed E-state index contributed by atoms with van der Waals surface area (Å²) in [6.45, 7) is 4.17. The van der Waals surface area contributed by atoms with E-state index in [9.17, 15) is 0 Å². The largest absolute Gasteiger partial charge is 0.474 e. The predicted octanol–water partition coefficient (Wildman–Crippen LogP) is 2.49. The Morgan fingerprint density at radius 3 is 2.67 bits per heavy atom. The van der Waals surface area contributed by atoms with Crippen molar-refractivity contribution in [1.29, 1.82) is 0 Å². The number of oxime groups is 1. The Labute approximate surface area is 107 Å². The molecule has 0 bridgehead atoms. The van der Waals surface area contributed by atoms with E-state index in [1.54, 1.807) is 4.68 Å². The average molecular weight is 251 g/mol. The fourth-order valence-electron chi connectivity index (χ4n) is 2.50. The molecule has 1 N–H and O–H groups in total. The highest BCUT2D eigenvalue weighted by atomic mass is 16.5. The highest BCUT2D eigenvalue weighted by Crippen LogP contribution is 2.29. The first-order chi connectivity index (χ1) is 8.61. The summed E-state index contributed by atoms with van der Waals surface area (Å²) in [4.78, 5) is 0. The number of aryl methyl sites for hydroxylation is 2. The normalized spacial score (nSPS) is 24.6. The first-order valence-electron chi connectivity index (χ1n) is 6.49. The third kappa shape index (κ3) is 2.66. The summed E-state index contributed by atoms with van der Waals surface area (Å²) >= 11 is 0. The summed E-state index contributed by atoms with van der Waals surface area (Å²) in [6, 6.07) is 0. The molecular weight excluding hydrogens is 230 g/mol. The fourth-order valence-corrected chi connectivity index (χ4v) is 2.50. The van der Waals surface area contributed by atoms with Crippen molar-refractivity contribution in [2.24, 2.45) is 18.1 Å². The van der Waals surface area contributed by atoms with Gasteiger partial charge in [-0.2, -0.15) is 5.10 Å². The van der Waals surface area contributed by atoms with Gasteiger partial charge in [-0.05, 0) is 38.5 Å². The first kappa shape index (κ1) is 12.9. The molecule has 100 valence electrons. The summed E-state index contributed by atoms with van der Waals surface area (Å²) in [6.07, 6.45) is 6.24. The van der Waals surface area contributed by atoms with Crippen LogP contribution in [0, 0.1) is 12.8 Å². The van der Waals surface area contributed by atoms with Crippen molar-refractivity contribution in [1.82, 2.24) is 9.78 Å². The average Bonchev–Trinajstić information content (AvgIpc) is 2.59. The highest BCUT2D eigenvalue weighted by Gasteiger charge is 2.22. The zero-order valence-corrected chi connectivity index (χ0v) is 11.3. The van der Waals surface area contributed by atoms with Gasteiger partial charge in [-0.25, -0.2) is 4.68 Å². The summed E-state index contributed by atoms with van der Waals surface area (Å²) in [5.74, 6) is 1.50. The lowest BCUT2D eigenvalue weighted by molar-refractivity contribution is 0.124. The van der Waals surface area contributed by atoms with E-state index in [0.717, 1.165) is 30.0 Å². The van der Waals surface area contributed by atoms with Crippen molar-refractivity contribution < 1.29 is 9.94 Å². The second kappa shape index (κ2) is 5.42.